The summed E-state index contributed by atoms with van der Waals surface area (Å²) < 4.78 is 3.18. The molecule has 1 aliphatic heterocycles. The molecule has 0 amide bonds. The van der Waals surface area contributed by atoms with Crippen molar-refractivity contribution < 1.29 is 0 Å². The largest absolute Gasteiger partial charge is 0.306 e. The molecule has 1 aliphatic rings. The fourth-order valence-electron chi connectivity index (χ4n) is 2.78. The van der Waals surface area contributed by atoms with Crippen molar-refractivity contribution >= 4 is 21.6 Å². The Balaban J connectivity index is 2.05. The topological polar surface area (TPSA) is 20.5 Å². The number of aromatic nitrogens is 2. The van der Waals surface area contributed by atoms with Crippen molar-refractivity contribution in [2.75, 3.05) is 13.6 Å². The highest BCUT2D eigenvalue weighted by atomic mass is 79.9. The van der Waals surface area contributed by atoms with E-state index in [0.29, 0.717) is 12.0 Å². The van der Waals surface area contributed by atoms with Gasteiger partial charge >= 0.3 is 0 Å². The molecule has 0 bridgehead atoms. The molecule has 17 heavy (non-hydrogen) atoms. The van der Waals surface area contributed by atoms with Gasteiger partial charge in [0.25, 0.3) is 0 Å². The number of imidazole rings is 1. The Morgan fingerprint density at radius 1 is 1.35 bits per heavy atom. The predicted molar refractivity (Wildman–Crippen MR) is 72.0 cm³/mol. The standard InChI is InChI=1S/C13H16BrN3/c1-9-5-6-16(2)13(9)11-8-17-7-10(14)3-4-12(17)15-11/h3-4,7-9,13H,5-6H2,1-2H3. The molecule has 0 spiro atoms. The first-order chi connectivity index (χ1) is 8.15. The van der Waals surface area contributed by atoms with Crippen molar-refractivity contribution in [3.63, 3.8) is 0 Å². The van der Waals surface area contributed by atoms with Crippen LogP contribution < -0.4 is 0 Å². The average molecular weight is 294 g/mol. The molecule has 0 N–H and O–H groups in total. The Hall–Kier alpha value is -0.870. The summed E-state index contributed by atoms with van der Waals surface area (Å²) in [5.41, 5.74) is 2.21. The van der Waals surface area contributed by atoms with Crippen LogP contribution in [0.25, 0.3) is 5.65 Å². The molecule has 2 unspecified atom stereocenters. The van der Waals surface area contributed by atoms with Crippen LogP contribution in [0.1, 0.15) is 25.1 Å². The lowest BCUT2D eigenvalue weighted by atomic mass is 10.0. The number of hydrogen-bond acceptors (Lipinski definition) is 2. The van der Waals surface area contributed by atoms with Gasteiger partial charge in [0.15, 0.2) is 0 Å². The third-order valence-electron chi connectivity index (χ3n) is 3.69. The zero-order valence-corrected chi connectivity index (χ0v) is 11.7. The van der Waals surface area contributed by atoms with Crippen LogP contribution in [0.15, 0.2) is 29.0 Å². The molecule has 0 radical (unpaired) electrons. The summed E-state index contributed by atoms with van der Waals surface area (Å²) in [5.74, 6) is 0.688. The van der Waals surface area contributed by atoms with Crippen molar-refractivity contribution in [3.8, 4) is 0 Å². The van der Waals surface area contributed by atoms with E-state index in [9.17, 15) is 0 Å². The number of hydrogen-bond donors (Lipinski definition) is 0. The van der Waals surface area contributed by atoms with Crippen LogP contribution in [-0.4, -0.2) is 27.9 Å². The minimum atomic E-state index is 0.466. The number of halogens is 1. The van der Waals surface area contributed by atoms with Gasteiger partial charge in [0.2, 0.25) is 0 Å². The number of rotatable bonds is 1. The second-order valence-corrected chi connectivity index (χ2v) is 5.89. The fraction of sp³-hybridized carbons (Fsp3) is 0.462. The molecule has 2 aromatic rings. The second kappa shape index (κ2) is 4.10. The summed E-state index contributed by atoms with van der Waals surface area (Å²) in [5, 5.41) is 0. The van der Waals surface area contributed by atoms with Gasteiger partial charge < -0.3 is 4.40 Å². The number of pyridine rings is 1. The molecular formula is C13H16BrN3. The summed E-state index contributed by atoms with van der Waals surface area (Å²) in [6.45, 7) is 3.48. The molecule has 3 rings (SSSR count). The van der Waals surface area contributed by atoms with E-state index in [1.54, 1.807) is 0 Å². The van der Waals surface area contributed by atoms with Crippen molar-refractivity contribution in [3.05, 3.63) is 34.7 Å². The lowest BCUT2D eigenvalue weighted by molar-refractivity contribution is 0.280. The monoisotopic (exact) mass is 293 g/mol. The van der Waals surface area contributed by atoms with E-state index in [4.69, 9.17) is 4.98 Å². The minimum absolute atomic E-state index is 0.466. The van der Waals surface area contributed by atoms with Crippen LogP contribution in [0.2, 0.25) is 0 Å². The molecular weight excluding hydrogens is 278 g/mol. The van der Waals surface area contributed by atoms with Crippen LogP contribution in [-0.2, 0) is 0 Å². The normalized spacial score (nSPS) is 25.8. The molecule has 0 aromatic carbocycles. The van der Waals surface area contributed by atoms with Gasteiger partial charge in [-0.3, -0.25) is 4.90 Å². The smallest absolute Gasteiger partial charge is 0.137 e. The lowest BCUT2D eigenvalue weighted by Gasteiger charge is -2.20. The number of likely N-dealkylation sites (tertiary alicyclic amines) is 1. The van der Waals surface area contributed by atoms with E-state index in [0.717, 1.165) is 10.1 Å². The van der Waals surface area contributed by atoms with Crippen LogP contribution in [0.5, 0.6) is 0 Å². The van der Waals surface area contributed by atoms with Crippen molar-refractivity contribution in [2.24, 2.45) is 5.92 Å². The van der Waals surface area contributed by atoms with Crippen molar-refractivity contribution in [1.29, 1.82) is 0 Å². The fourth-order valence-corrected chi connectivity index (χ4v) is 3.14. The van der Waals surface area contributed by atoms with Gasteiger partial charge in [-0.25, -0.2) is 4.98 Å². The summed E-state index contributed by atoms with van der Waals surface area (Å²) in [6.07, 6.45) is 5.48. The first-order valence-electron chi connectivity index (χ1n) is 5.99. The summed E-state index contributed by atoms with van der Waals surface area (Å²) >= 11 is 3.49. The highest BCUT2D eigenvalue weighted by molar-refractivity contribution is 9.10. The highest BCUT2D eigenvalue weighted by Crippen LogP contribution is 2.35. The van der Waals surface area contributed by atoms with Gasteiger partial charge in [-0.05, 0) is 54.0 Å². The molecule has 2 atom stereocenters. The summed E-state index contributed by atoms with van der Waals surface area (Å²) in [4.78, 5) is 7.14. The van der Waals surface area contributed by atoms with E-state index in [1.165, 1.54) is 18.7 Å². The zero-order chi connectivity index (χ0) is 12.0. The predicted octanol–water partition coefficient (Wildman–Crippen LogP) is 3.11. The van der Waals surface area contributed by atoms with Crippen LogP contribution in [0.3, 0.4) is 0 Å². The van der Waals surface area contributed by atoms with E-state index >= 15 is 0 Å². The Labute approximate surface area is 110 Å². The van der Waals surface area contributed by atoms with E-state index in [-0.39, 0.29) is 0 Å². The SMILES string of the molecule is CC1CCN(C)C1c1cn2cc(Br)ccc2n1. The highest BCUT2D eigenvalue weighted by Gasteiger charge is 2.31. The van der Waals surface area contributed by atoms with Gasteiger partial charge in [-0.1, -0.05) is 6.92 Å². The number of fused-ring (bicyclic) bond motifs is 1. The zero-order valence-electron chi connectivity index (χ0n) is 10.1. The molecule has 0 aliphatic carbocycles. The molecule has 4 heteroatoms. The number of nitrogens with zero attached hydrogens (tertiary/aromatic N) is 3. The Morgan fingerprint density at radius 2 is 2.18 bits per heavy atom. The maximum Gasteiger partial charge on any atom is 0.137 e. The minimum Gasteiger partial charge on any atom is -0.306 e. The molecule has 3 heterocycles. The van der Waals surface area contributed by atoms with Crippen LogP contribution in [0.4, 0.5) is 0 Å². The Morgan fingerprint density at radius 3 is 2.88 bits per heavy atom. The molecule has 3 nitrogen and oxygen atoms in total. The Bertz CT molecular complexity index is 539. The van der Waals surface area contributed by atoms with Gasteiger partial charge in [0, 0.05) is 16.9 Å². The molecule has 90 valence electrons. The molecule has 1 saturated heterocycles. The molecule has 1 fully saturated rings. The average Bonchev–Trinajstić information content (AvgIpc) is 2.81. The van der Waals surface area contributed by atoms with Gasteiger partial charge in [0.05, 0.1) is 11.7 Å². The summed E-state index contributed by atoms with van der Waals surface area (Å²) in [7, 11) is 2.19. The lowest BCUT2D eigenvalue weighted by Crippen LogP contribution is -2.20. The molecule has 2 aromatic heterocycles. The molecule has 0 saturated carbocycles. The third-order valence-corrected chi connectivity index (χ3v) is 4.16. The van der Waals surface area contributed by atoms with Crippen molar-refractivity contribution in [1.82, 2.24) is 14.3 Å². The van der Waals surface area contributed by atoms with E-state index < -0.39 is 0 Å². The maximum atomic E-state index is 4.74. The first kappa shape index (κ1) is 11.2. The van der Waals surface area contributed by atoms with Crippen molar-refractivity contribution in [2.45, 2.75) is 19.4 Å². The maximum absolute atomic E-state index is 4.74. The van der Waals surface area contributed by atoms with Gasteiger partial charge in [-0.15, -0.1) is 0 Å². The third kappa shape index (κ3) is 1.89. The van der Waals surface area contributed by atoms with Crippen LogP contribution >= 0.6 is 15.9 Å². The van der Waals surface area contributed by atoms with Gasteiger partial charge in [-0.2, -0.15) is 0 Å². The Kier molecular flexibility index (Phi) is 2.71. The van der Waals surface area contributed by atoms with Crippen LogP contribution in [0, 0.1) is 5.92 Å². The van der Waals surface area contributed by atoms with E-state index in [2.05, 4.69) is 51.6 Å². The quantitative estimate of drug-likeness (QED) is 0.805. The van der Waals surface area contributed by atoms with E-state index in [1.807, 2.05) is 12.1 Å². The summed E-state index contributed by atoms with van der Waals surface area (Å²) in [6, 6.07) is 4.55. The second-order valence-electron chi connectivity index (χ2n) is 4.97. The van der Waals surface area contributed by atoms with Gasteiger partial charge in [0.1, 0.15) is 5.65 Å². The first-order valence-corrected chi connectivity index (χ1v) is 6.79.